The van der Waals surface area contributed by atoms with Crippen molar-refractivity contribution in [1.82, 2.24) is 15.0 Å². The van der Waals surface area contributed by atoms with Crippen LogP contribution in [0.5, 0.6) is 0 Å². The van der Waals surface area contributed by atoms with Crippen LogP contribution in [-0.2, 0) is 20.1 Å². The van der Waals surface area contributed by atoms with Crippen LogP contribution in [0.15, 0.2) is 267 Å². The summed E-state index contributed by atoms with van der Waals surface area (Å²) in [5, 5.41) is 2.19. The van der Waals surface area contributed by atoms with Crippen molar-refractivity contribution in [3.8, 4) is 112 Å². The van der Waals surface area contributed by atoms with Gasteiger partial charge in [-0.15, -0.1) is 29.8 Å². The van der Waals surface area contributed by atoms with Gasteiger partial charge in [0.2, 0.25) is 0 Å². The Kier molecular flexibility index (Phi) is 12.7. The van der Waals surface area contributed by atoms with E-state index in [4.69, 9.17) is 15.0 Å². The Hall–Kier alpha value is -8.66. The van der Waals surface area contributed by atoms with Crippen LogP contribution in [0.3, 0.4) is 0 Å². The molecule has 0 N–H and O–H groups in total. The van der Waals surface area contributed by atoms with Gasteiger partial charge in [0.05, 0.1) is 11.4 Å². The van der Waals surface area contributed by atoms with Gasteiger partial charge in [0, 0.05) is 37.4 Å². The Morgan fingerprint density at radius 1 is 0.296 bits per heavy atom. The van der Waals surface area contributed by atoms with Gasteiger partial charge in [-0.1, -0.05) is 194 Å². The molecule has 0 aliphatic carbocycles. The molecule has 12 aromatic rings. The molecule has 337 valence electrons. The van der Waals surface area contributed by atoms with E-state index in [0.29, 0.717) is 5.82 Å². The third-order valence-corrected chi connectivity index (χ3v) is 13.0. The average Bonchev–Trinajstić information content (AvgIpc) is 3.45. The van der Waals surface area contributed by atoms with Crippen LogP contribution in [0.2, 0.25) is 0 Å². The van der Waals surface area contributed by atoms with Gasteiger partial charge in [-0.25, -0.2) is 9.97 Å². The molecule has 0 aliphatic rings. The van der Waals surface area contributed by atoms with E-state index in [0.717, 1.165) is 94.6 Å². The van der Waals surface area contributed by atoms with E-state index in [1.54, 1.807) is 0 Å². The van der Waals surface area contributed by atoms with Crippen LogP contribution in [-0.4, -0.2) is 15.0 Å². The van der Waals surface area contributed by atoms with Crippen LogP contribution < -0.4 is 0 Å². The number of pyridine rings is 1. The molecule has 2 aromatic heterocycles. The Bertz CT molecular complexity index is 3750. The molecule has 3 nitrogen and oxygen atoms in total. The van der Waals surface area contributed by atoms with Crippen molar-refractivity contribution < 1.29 is 20.1 Å². The molecular formula is C67H44IrN3-. The summed E-state index contributed by atoms with van der Waals surface area (Å²) in [7, 11) is 0. The normalized spacial score (nSPS) is 11.0. The number of nitrogens with zero attached hydrogens (tertiary/aromatic N) is 3. The first-order valence-corrected chi connectivity index (χ1v) is 23.6. The number of hydrogen-bond donors (Lipinski definition) is 0. The van der Waals surface area contributed by atoms with E-state index >= 15 is 0 Å². The van der Waals surface area contributed by atoms with Crippen molar-refractivity contribution in [3.05, 3.63) is 273 Å². The van der Waals surface area contributed by atoms with Crippen molar-refractivity contribution in [1.29, 1.82) is 0 Å². The Labute approximate surface area is 428 Å². The minimum Gasteiger partial charge on any atom is -0.304 e. The summed E-state index contributed by atoms with van der Waals surface area (Å²) in [6.45, 7) is 0. The van der Waals surface area contributed by atoms with E-state index in [9.17, 15) is 0 Å². The zero-order valence-electron chi connectivity index (χ0n) is 38.6. The van der Waals surface area contributed by atoms with Crippen LogP contribution >= 0.6 is 0 Å². The smallest absolute Gasteiger partial charge is 0.142 e. The standard InChI is InChI=1S/C67H44N3.Ir/c1-5-19-46(20-6-1)55-39-56(47-21-7-2-8-22-47)41-58(40-55)51-28-17-29-52(37-51)64-45-65(70-67(69-64)54-31-18-30-53(38-54)66-63-34-14-13-27-50(63)35-36-68-66)60-43-57(48-23-9-3-10-24-48)42-59(44-60)62-33-16-15-32-61(62)49-25-11-4-12-26-49;/h1-29,31-45H;/q-1;. The molecule has 0 fully saturated rings. The maximum absolute atomic E-state index is 5.47. The van der Waals surface area contributed by atoms with E-state index in [-0.39, 0.29) is 20.1 Å². The molecule has 0 amide bonds. The number of fused-ring (bicyclic) bond motifs is 1. The molecule has 10 aromatic carbocycles. The maximum Gasteiger partial charge on any atom is 0.142 e. The number of aromatic nitrogens is 3. The SMILES string of the molecule is [Ir].[c-]1ccc(-c2nc(-c3cccc(-c4cc(-c5ccccc5)cc(-c5ccccc5)c4)c3)cc(-c3cc(-c4ccccc4)cc(-c4ccccc4-c4ccccc4)c3)n2)cc1-c1nccc2ccccc12. The molecule has 2 heterocycles. The van der Waals surface area contributed by atoms with Crippen molar-refractivity contribution in [2.24, 2.45) is 0 Å². The molecule has 0 unspecified atom stereocenters. The summed E-state index contributed by atoms with van der Waals surface area (Å²) < 4.78 is 0. The van der Waals surface area contributed by atoms with Crippen LogP contribution in [0, 0.1) is 6.07 Å². The zero-order valence-corrected chi connectivity index (χ0v) is 41.0. The molecular weight excluding hydrogens is 1040 g/mol. The molecule has 0 aliphatic heterocycles. The van der Waals surface area contributed by atoms with Gasteiger partial charge in [-0.05, 0) is 138 Å². The summed E-state index contributed by atoms with van der Waals surface area (Å²) in [5.74, 6) is 0.613. The first-order chi connectivity index (χ1) is 34.7. The Morgan fingerprint density at radius 2 is 0.746 bits per heavy atom. The number of rotatable bonds is 10. The van der Waals surface area contributed by atoms with Crippen LogP contribution in [0.1, 0.15) is 0 Å². The van der Waals surface area contributed by atoms with Gasteiger partial charge < -0.3 is 4.98 Å². The second-order valence-electron chi connectivity index (χ2n) is 17.5. The minimum absolute atomic E-state index is 0. The Morgan fingerprint density at radius 3 is 1.38 bits per heavy atom. The molecule has 0 atom stereocenters. The molecule has 1 radical (unpaired) electrons. The summed E-state index contributed by atoms with van der Waals surface area (Å²) in [6.07, 6.45) is 1.87. The van der Waals surface area contributed by atoms with E-state index in [1.807, 2.05) is 18.3 Å². The van der Waals surface area contributed by atoms with E-state index in [1.165, 1.54) is 22.3 Å². The third kappa shape index (κ3) is 9.43. The molecule has 12 rings (SSSR count). The van der Waals surface area contributed by atoms with Crippen molar-refractivity contribution in [2.45, 2.75) is 0 Å². The van der Waals surface area contributed by atoms with E-state index in [2.05, 4.69) is 255 Å². The van der Waals surface area contributed by atoms with Gasteiger partial charge >= 0.3 is 0 Å². The minimum atomic E-state index is 0. The molecule has 71 heavy (non-hydrogen) atoms. The molecule has 4 heteroatoms. The van der Waals surface area contributed by atoms with Gasteiger partial charge in [-0.2, -0.15) is 0 Å². The zero-order chi connectivity index (χ0) is 46.6. The average molecular weight is 1080 g/mol. The topological polar surface area (TPSA) is 38.7 Å². The summed E-state index contributed by atoms with van der Waals surface area (Å²) in [5.41, 5.74) is 19.9. The summed E-state index contributed by atoms with van der Waals surface area (Å²) in [4.78, 5) is 15.8. The quantitative estimate of drug-likeness (QED) is 0.128. The third-order valence-electron chi connectivity index (χ3n) is 13.0. The van der Waals surface area contributed by atoms with Gasteiger partial charge in [0.15, 0.2) is 0 Å². The molecule has 0 bridgehead atoms. The van der Waals surface area contributed by atoms with Gasteiger partial charge in [-0.3, -0.25) is 0 Å². The van der Waals surface area contributed by atoms with Crippen LogP contribution in [0.4, 0.5) is 0 Å². The Balaban J connectivity index is 0.00000547. The molecule has 0 saturated heterocycles. The fourth-order valence-corrected chi connectivity index (χ4v) is 9.53. The molecule has 0 spiro atoms. The second kappa shape index (κ2) is 20.1. The van der Waals surface area contributed by atoms with E-state index < -0.39 is 0 Å². The largest absolute Gasteiger partial charge is 0.304 e. The van der Waals surface area contributed by atoms with Crippen molar-refractivity contribution in [3.63, 3.8) is 0 Å². The first kappa shape index (κ1) is 44.8. The van der Waals surface area contributed by atoms with Crippen molar-refractivity contribution in [2.75, 3.05) is 0 Å². The predicted molar refractivity (Wildman–Crippen MR) is 291 cm³/mol. The number of hydrogen-bond acceptors (Lipinski definition) is 3. The molecule has 0 saturated carbocycles. The second-order valence-corrected chi connectivity index (χ2v) is 17.5. The maximum atomic E-state index is 5.47. The summed E-state index contributed by atoms with van der Waals surface area (Å²) in [6, 6.07) is 95.8. The summed E-state index contributed by atoms with van der Waals surface area (Å²) >= 11 is 0. The number of benzene rings is 10. The predicted octanol–water partition coefficient (Wildman–Crippen LogP) is 17.5. The van der Waals surface area contributed by atoms with Gasteiger partial charge in [0.1, 0.15) is 5.82 Å². The monoisotopic (exact) mass is 1080 g/mol. The fourth-order valence-electron chi connectivity index (χ4n) is 9.53. The fraction of sp³-hybridized carbons (Fsp3) is 0. The first-order valence-electron chi connectivity index (χ1n) is 23.6. The van der Waals surface area contributed by atoms with Crippen LogP contribution in [0.25, 0.3) is 123 Å². The van der Waals surface area contributed by atoms with Crippen molar-refractivity contribution >= 4 is 10.8 Å². The van der Waals surface area contributed by atoms with Gasteiger partial charge in [0.25, 0.3) is 0 Å².